The van der Waals surface area contributed by atoms with Gasteiger partial charge in [-0.15, -0.1) is 0 Å². The third kappa shape index (κ3) is 3.27. The average Bonchev–Trinajstić information content (AvgIpc) is 2.29. The van der Waals surface area contributed by atoms with Gasteiger partial charge in [0.15, 0.2) is 0 Å². The van der Waals surface area contributed by atoms with E-state index in [-0.39, 0.29) is 11.8 Å². The highest BCUT2D eigenvalue weighted by molar-refractivity contribution is 5.95. The minimum absolute atomic E-state index is 0.127. The van der Waals surface area contributed by atoms with Crippen molar-refractivity contribution < 1.29 is 4.79 Å². The second kappa shape index (κ2) is 6.17. The summed E-state index contributed by atoms with van der Waals surface area (Å²) in [5, 5.41) is 2.80. The molecule has 5 heteroatoms. The molecule has 0 saturated carbocycles. The molecular formula is C11H18N4O. The quantitative estimate of drug-likeness (QED) is 0.718. The number of rotatable bonds is 5. The third-order valence-corrected chi connectivity index (χ3v) is 2.20. The van der Waals surface area contributed by atoms with Gasteiger partial charge in [0.05, 0.1) is 11.3 Å². The first-order chi connectivity index (χ1) is 7.66. The molecule has 0 aromatic carbocycles. The lowest BCUT2D eigenvalue weighted by atomic mass is 10.0. The SMILES string of the molecule is CC(C)c1ncncc1C(=O)NCCCN. The standard InChI is InChI=1S/C11H18N4O/c1-8(2)10-9(6-13-7-15-10)11(16)14-5-3-4-12/h6-8H,3-5,12H2,1-2H3,(H,14,16). The molecule has 0 spiro atoms. The molecule has 3 N–H and O–H groups in total. The zero-order valence-electron chi connectivity index (χ0n) is 9.73. The number of carbonyl (C=O) groups excluding carboxylic acids is 1. The maximum absolute atomic E-state index is 11.8. The number of nitrogens with two attached hydrogens (primary N) is 1. The van der Waals surface area contributed by atoms with Gasteiger partial charge in [0.1, 0.15) is 6.33 Å². The van der Waals surface area contributed by atoms with Gasteiger partial charge in [-0.05, 0) is 18.9 Å². The maximum Gasteiger partial charge on any atom is 0.254 e. The predicted molar refractivity (Wildman–Crippen MR) is 62.1 cm³/mol. The van der Waals surface area contributed by atoms with Crippen LogP contribution in [0.5, 0.6) is 0 Å². The summed E-state index contributed by atoms with van der Waals surface area (Å²) in [6.45, 7) is 5.16. The molecule has 1 aromatic rings. The Balaban J connectivity index is 2.74. The molecule has 0 aliphatic rings. The maximum atomic E-state index is 11.8. The Bertz CT molecular complexity index is 352. The summed E-state index contributed by atoms with van der Waals surface area (Å²) in [6, 6.07) is 0. The summed E-state index contributed by atoms with van der Waals surface area (Å²) in [7, 11) is 0. The summed E-state index contributed by atoms with van der Waals surface area (Å²) in [6.07, 6.45) is 3.79. The average molecular weight is 222 g/mol. The van der Waals surface area contributed by atoms with Gasteiger partial charge in [0.25, 0.3) is 5.91 Å². The molecule has 5 nitrogen and oxygen atoms in total. The largest absolute Gasteiger partial charge is 0.352 e. The van der Waals surface area contributed by atoms with Crippen molar-refractivity contribution in [1.82, 2.24) is 15.3 Å². The molecule has 1 aromatic heterocycles. The number of aromatic nitrogens is 2. The first-order valence-electron chi connectivity index (χ1n) is 5.45. The van der Waals surface area contributed by atoms with Crippen molar-refractivity contribution in [1.29, 1.82) is 0 Å². The smallest absolute Gasteiger partial charge is 0.254 e. The summed E-state index contributed by atoms with van der Waals surface area (Å²) in [5.74, 6) is 0.0796. The topological polar surface area (TPSA) is 80.9 Å². The molecule has 16 heavy (non-hydrogen) atoms. The summed E-state index contributed by atoms with van der Waals surface area (Å²) >= 11 is 0. The van der Waals surface area contributed by atoms with E-state index in [0.29, 0.717) is 18.7 Å². The van der Waals surface area contributed by atoms with E-state index >= 15 is 0 Å². The van der Waals surface area contributed by atoms with Crippen LogP contribution in [0.25, 0.3) is 0 Å². The molecule has 0 fully saturated rings. The second-order valence-electron chi connectivity index (χ2n) is 3.87. The van der Waals surface area contributed by atoms with Gasteiger partial charge < -0.3 is 11.1 Å². The van der Waals surface area contributed by atoms with Gasteiger partial charge in [0, 0.05) is 12.7 Å². The van der Waals surface area contributed by atoms with Crippen molar-refractivity contribution in [2.24, 2.45) is 5.73 Å². The van der Waals surface area contributed by atoms with Gasteiger partial charge in [-0.2, -0.15) is 0 Å². The van der Waals surface area contributed by atoms with Gasteiger partial charge in [-0.25, -0.2) is 9.97 Å². The molecule has 88 valence electrons. The Kier molecular flexibility index (Phi) is 4.85. The van der Waals surface area contributed by atoms with E-state index in [9.17, 15) is 4.79 Å². The highest BCUT2D eigenvalue weighted by Crippen LogP contribution is 2.14. The van der Waals surface area contributed by atoms with Crippen LogP contribution in [0.4, 0.5) is 0 Å². The van der Waals surface area contributed by atoms with Crippen molar-refractivity contribution >= 4 is 5.91 Å². The Morgan fingerprint density at radius 3 is 2.94 bits per heavy atom. The van der Waals surface area contributed by atoms with E-state index in [1.807, 2.05) is 13.8 Å². The minimum Gasteiger partial charge on any atom is -0.352 e. The fourth-order valence-corrected chi connectivity index (χ4v) is 1.37. The molecule has 1 rings (SSSR count). The van der Waals surface area contributed by atoms with Crippen LogP contribution in [0.1, 0.15) is 42.2 Å². The number of hydrogen-bond donors (Lipinski definition) is 2. The monoisotopic (exact) mass is 222 g/mol. The third-order valence-electron chi connectivity index (χ3n) is 2.20. The lowest BCUT2D eigenvalue weighted by Gasteiger charge is -2.10. The van der Waals surface area contributed by atoms with E-state index in [4.69, 9.17) is 5.73 Å². The molecule has 0 aliphatic carbocycles. The van der Waals surface area contributed by atoms with E-state index in [2.05, 4.69) is 15.3 Å². The van der Waals surface area contributed by atoms with Crippen molar-refractivity contribution in [2.45, 2.75) is 26.2 Å². The summed E-state index contributed by atoms with van der Waals surface area (Å²) in [4.78, 5) is 19.8. The Hall–Kier alpha value is -1.49. The lowest BCUT2D eigenvalue weighted by Crippen LogP contribution is -2.27. The number of nitrogens with one attached hydrogen (secondary N) is 1. The molecule has 0 aliphatic heterocycles. The molecule has 0 bridgehead atoms. The molecular weight excluding hydrogens is 204 g/mol. The number of hydrogen-bond acceptors (Lipinski definition) is 4. The predicted octanol–water partition coefficient (Wildman–Crippen LogP) is 0.679. The molecule has 1 heterocycles. The first-order valence-corrected chi connectivity index (χ1v) is 5.45. The van der Waals surface area contributed by atoms with Crippen LogP contribution < -0.4 is 11.1 Å². The van der Waals surface area contributed by atoms with Crippen LogP contribution in [0.3, 0.4) is 0 Å². The van der Waals surface area contributed by atoms with E-state index < -0.39 is 0 Å². The minimum atomic E-state index is -0.127. The van der Waals surface area contributed by atoms with Gasteiger partial charge in [-0.3, -0.25) is 4.79 Å². The van der Waals surface area contributed by atoms with Crippen LogP contribution in [-0.4, -0.2) is 29.0 Å². The highest BCUT2D eigenvalue weighted by Gasteiger charge is 2.14. The van der Waals surface area contributed by atoms with Crippen LogP contribution in [0.15, 0.2) is 12.5 Å². The van der Waals surface area contributed by atoms with Crippen LogP contribution in [0.2, 0.25) is 0 Å². The molecule has 0 atom stereocenters. The van der Waals surface area contributed by atoms with Crippen LogP contribution >= 0.6 is 0 Å². The summed E-state index contributed by atoms with van der Waals surface area (Å²) in [5.41, 5.74) is 6.68. The van der Waals surface area contributed by atoms with E-state index in [1.54, 1.807) is 6.20 Å². The van der Waals surface area contributed by atoms with Crippen LogP contribution in [-0.2, 0) is 0 Å². The second-order valence-corrected chi connectivity index (χ2v) is 3.87. The van der Waals surface area contributed by atoms with Crippen molar-refractivity contribution in [3.05, 3.63) is 23.8 Å². The molecule has 0 saturated heterocycles. The number of nitrogens with zero attached hydrogens (tertiary/aromatic N) is 2. The van der Waals surface area contributed by atoms with Crippen molar-refractivity contribution in [3.8, 4) is 0 Å². The van der Waals surface area contributed by atoms with Crippen LogP contribution in [0, 0.1) is 0 Å². The first kappa shape index (κ1) is 12.6. The molecule has 0 radical (unpaired) electrons. The molecule has 1 amide bonds. The van der Waals surface area contributed by atoms with Gasteiger partial charge in [0.2, 0.25) is 0 Å². The normalized spacial score (nSPS) is 10.5. The fraction of sp³-hybridized carbons (Fsp3) is 0.545. The highest BCUT2D eigenvalue weighted by atomic mass is 16.1. The van der Waals surface area contributed by atoms with E-state index in [1.165, 1.54) is 6.33 Å². The van der Waals surface area contributed by atoms with Crippen molar-refractivity contribution in [3.63, 3.8) is 0 Å². The lowest BCUT2D eigenvalue weighted by molar-refractivity contribution is 0.0951. The van der Waals surface area contributed by atoms with Crippen molar-refractivity contribution in [2.75, 3.05) is 13.1 Å². The zero-order valence-corrected chi connectivity index (χ0v) is 9.73. The van der Waals surface area contributed by atoms with Gasteiger partial charge >= 0.3 is 0 Å². The van der Waals surface area contributed by atoms with Gasteiger partial charge in [-0.1, -0.05) is 13.8 Å². The Labute approximate surface area is 95.5 Å². The Morgan fingerprint density at radius 2 is 2.31 bits per heavy atom. The zero-order chi connectivity index (χ0) is 12.0. The summed E-state index contributed by atoms with van der Waals surface area (Å²) < 4.78 is 0. The molecule has 0 unspecified atom stereocenters. The Morgan fingerprint density at radius 1 is 1.56 bits per heavy atom. The number of carbonyl (C=O) groups is 1. The fourth-order valence-electron chi connectivity index (χ4n) is 1.37. The van der Waals surface area contributed by atoms with E-state index in [0.717, 1.165) is 12.1 Å². The number of amides is 1.